The first kappa shape index (κ1) is 23.1. The minimum Gasteiger partial charge on any atom is -0.493 e. The van der Waals surface area contributed by atoms with Crippen LogP contribution in [0.15, 0.2) is 71.9 Å². The number of rotatable bonds is 9. The molecule has 1 N–H and O–H groups in total. The Bertz CT molecular complexity index is 1140. The van der Waals surface area contributed by atoms with Crippen LogP contribution >= 0.6 is 22.6 Å². The topological polar surface area (TPSA) is 92.9 Å². The quantitative estimate of drug-likeness (QED) is 0.240. The summed E-state index contributed by atoms with van der Waals surface area (Å²) in [6.45, 7) is 0.0300. The largest absolute Gasteiger partial charge is 0.493 e. The number of hydrogen-bond donors (Lipinski definition) is 1. The summed E-state index contributed by atoms with van der Waals surface area (Å²) < 4.78 is 11.9. The fourth-order valence-corrected chi connectivity index (χ4v) is 3.55. The number of halogens is 1. The predicted octanol–water partition coefficient (Wildman–Crippen LogP) is 4.74. The first-order valence-corrected chi connectivity index (χ1v) is 10.7. The number of ether oxygens (including phenoxy) is 2. The van der Waals surface area contributed by atoms with E-state index in [0.717, 1.165) is 14.7 Å². The van der Waals surface area contributed by atoms with Crippen LogP contribution in [0.3, 0.4) is 0 Å². The molecule has 3 rings (SSSR count). The molecule has 0 aromatic heterocycles. The maximum Gasteiger partial charge on any atom is 0.262 e. The van der Waals surface area contributed by atoms with Crippen LogP contribution in [0.25, 0.3) is 0 Å². The van der Waals surface area contributed by atoms with E-state index in [-0.39, 0.29) is 19.1 Å². The zero-order valence-electron chi connectivity index (χ0n) is 17.2. The molecule has 0 aliphatic rings. The van der Waals surface area contributed by atoms with Crippen LogP contribution in [-0.4, -0.2) is 25.8 Å². The van der Waals surface area contributed by atoms with Gasteiger partial charge in [-0.25, -0.2) is 0 Å². The third-order valence-corrected chi connectivity index (χ3v) is 5.09. The number of nitriles is 1. The van der Waals surface area contributed by atoms with E-state index in [1.807, 2.05) is 36.4 Å². The second-order valence-electron chi connectivity index (χ2n) is 6.51. The van der Waals surface area contributed by atoms with Gasteiger partial charge in [-0.2, -0.15) is 5.26 Å². The van der Waals surface area contributed by atoms with Gasteiger partial charge in [-0.15, -0.1) is 0 Å². The summed E-state index contributed by atoms with van der Waals surface area (Å²) in [4.78, 5) is 17.5. The van der Waals surface area contributed by atoms with Gasteiger partial charge < -0.3 is 19.6 Å². The zero-order chi connectivity index (χ0) is 22.8. The first-order valence-electron chi connectivity index (χ1n) is 9.59. The average Bonchev–Trinajstić information content (AvgIpc) is 2.81. The van der Waals surface area contributed by atoms with Gasteiger partial charge in [0.15, 0.2) is 18.1 Å². The van der Waals surface area contributed by atoms with E-state index in [0.29, 0.717) is 22.7 Å². The number of carbonyl (C=O) groups excluding carboxylic acids is 1. The minimum absolute atomic E-state index is 0.157. The summed E-state index contributed by atoms with van der Waals surface area (Å²) in [7, 11) is 1.53. The third kappa shape index (κ3) is 6.46. The molecule has 0 aliphatic carbocycles. The SMILES string of the molecule is COc1cc(/C=N\OCc2ccccc2C#N)cc(I)c1OCC(=O)Nc1ccccc1. The molecule has 0 atom stereocenters. The van der Waals surface area contributed by atoms with Crippen molar-refractivity contribution in [2.45, 2.75) is 6.61 Å². The standard InChI is InChI=1S/C24H20IN3O4/c1-30-22-12-17(14-27-32-15-19-8-6-5-7-18(19)13-26)11-21(25)24(22)31-16-23(29)28-20-9-3-2-4-10-20/h2-12,14H,15-16H2,1H3,(H,28,29)/b27-14-. The smallest absolute Gasteiger partial charge is 0.262 e. The number of methoxy groups -OCH3 is 1. The number of para-hydroxylation sites is 1. The molecule has 162 valence electrons. The number of amides is 1. The maximum atomic E-state index is 12.2. The average molecular weight is 541 g/mol. The lowest BCUT2D eigenvalue weighted by Gasteiger charge is -2.13. The number of anilines is 1. The monoisotopic (exact) mass is 541 g/mol. The molecule has 0 saturated carbocycles. The Kier molecular flexibility index (Phi) is 8.45. The molecule has 0 fully saturated rings. The van der Waals surface area contributed by atoms with Gasteiger partial charge in [0.2, 0.25) is 0 Å². The molecule has 3 aromatic carbocycles. The normalized spacial score (nSPS) is 10.4. The van der Waals surface area contributed by atoms with Crippen molar-refractivity contribution >= 4 is 40.4 Å². The molecule has 3 aromatic rings. The van der Waals surface area contributed by atoms with E-state index < -0.39 is 0 Å². The Morgan fingerprint density at radius 1 is 1.16 bits per heavy atom. The number of carbonyl (C=O) groups is 1. The van der Waals surface area contributed by atoms with E-state index in [9.17, 15) is 4.79 Å². The van der Waals surface area contributed by atoms with Gasteiger partial charge in [0.25, 0.3) is 5.91 Å². The van der Waals surface area contributed by atoms with E-state index in [2.05, 4.69) is 39.1 Å². The molecule has 8 heteroatoms. The van der Waals surface area contributed by atoms with Crippen LogP contribution < -0.4 is 14.8 Å². The van der Waals surface area contributed by atoms with E-state index >= 15 is 0 Å². The predicted molar refractivity (Wildman–Crippen MR) is 130 cm³/mol. The van der Waals surface area contributed by atoms with Crippen LogP contribution in [0, 0.1) is 14.9 Å². The number of hydrogen-bond acceptors (Lipinski definition) is 6. The maximum absolute atomic E-state index is 12.2. The van der Waals surface area contributed by atoms with Crippen molar-refractivity contribution in [3.05, 3.63) is 87.0 Å². The summed E-state index contributed by atoms with van der Waals surface area (Å²) >= 11 is 2.11. The number of benzene rings is 3. The fourth-order valence-electron chi connectivity index (χ4n) is 2.77. The highest BCUT2D eigenvalue weighted by molar-refractivity contribution is 14.1. The molecule has 1 amide bonds. The summed E-state index contributed by atoms with van der Waals surface area (Å²) in [6, 6.07) is 22.1. The fraction of sp³-hybridized carbons (Fsp3) is 0.125. The Morgan fingerprint density at radius 2 is 1.91 bits per heavy atom. The number of nitrogens with one attached hydrogen (secondary N) is 1. The summed E-state index contributed by atoms with van der Waals surface area (Å²) in [5.74, 6) is 0.670. The van der Waals surface area contributed by atoms with Crippen LogP contribution in [0.4, 0.5) is 5.69 Å². The zero-order valence-corrected chi connectivity index (χ0v) is 19.4. The molecular formula is C24H20IN3O4. The van der Waals surface area contributed by atoms with Gasteiger partial charge in [0, 0.05) is 16.8 Å². The van der Waals surface area contributed by atoms with Gasteiger partial charge in [-0.3, -0.25) is 4.79 Å². The summed E-state index contributed by atoms with van der Waals surface area (Å²) in [5, 5.41) is 15.9. The lowest BCUT2D eigenvalue weighted by Crippen LogP contribution is -2.20. The van der Waals surface area contributed by atoms with E-state index in [1.54, 1.807) is 36.5 Å². The van der Waals surface area contributed by atoms with Gasteiger partial charge in [0.05, 0.1) is 28.5 Å². The van der Waals surface area contributed by atoms with Gasteiger partial charge in [0.1, 0.15) is 6.61 Å². The summed E-state index contributed by atoms with van der Waals surface area (Å²) in [5.41, 5.74) is 2.75. The minimum atomic E-state index is -0.272. The van der Waals surface area contributed by atoms with E-state index in [4.69, 9.17) is 19.6 Å². The Hall–Kier alpha value is -3.58. The second-order valence-corrected chi connectivity index (χ2v) is 7.68. The molecule has 0 heterocycles. The van der Waals surface area contributed by atoms with E-state index in [1.165, 1.54) is 7.11 Å². The van der Waals surface area contributed by atoms with Crippen molar-refractivity contribution < 1.29 is 19.1 Å². The molecule has 0 aliphatic heterocycles. The molecular weight excluding hydrogens is 521 g/mol. The van der Waals surface area contributed by atoms with Crippen molar-refractivity contribution in [2.24, 2.45) is 5.16 Å². The first-order chi connectivity index (χ1) is 15.6. The molecule has 0 spiro atoms. The van der Waals surface area contributed by atoms with Crippen LogP contribution in [0.1, 0.15) is 16.7 Å². The second kappa shape index (κ2) is 11.7. The third-order valence-electron chi connectivity index (χ3n) is 4.29. The van der Waals surface area contributed by atoms with Crippen molar-refractivity contribution in [1.29, 1.82) is 5.26 Å². The Labute approximate surface area is 199 Å². The molecule has 0 saturated heterocycles. The van der Waals surface area contributed by atoms with Gasteiger partial charge in [-0.05, 0) is 52.9 Å². The Morgan fingerprint density at radius 3 is 2.66 bits per heavy atom. The highest BCUT2D eigenvalue weighted by Gasteiger charge is 2.13. The van der Waals surface area contributed by atoms with Crippen LogP contribution in [-0.2, 0) is 16.2 Å². The Balaban J connectivity index is 1.61. The molecule has 0 radical (unpaired) electrons. The van der Waals surface area contributed by atoms with Crippen LogP contribution in [0.5, 0.6) is 11.5 Å². The van der Waals surface area contributed by atoms with Crippen molar-refractivity contribution in [3.63, 3.8) is 0 Å². The van der Waals surface area contributed by atoms with Crippen LogP contribution in [0.2, 0.25) is 0 Å². The molecule has 7 nitrogen and oxygen atoms in total. The lowest BCUT2D eigenvalue weighted by atomic mass is 10.1. The van der Waals surface area contributed by atoms with Crippen molar-refractivity contribution in [3.8, 4) is 17.6 Å². The molecule has 32 heavy (non-hydrogen) atoms. The molecule has 0 unspecified atom stereocenters. The van der Waals surface area contributed by atoms with Crippen molar-refractivity contribution in [2.75, 3.05) is 19.0 Å². The number of nitrogens with zero attached hydrogens (tertiary/aromatic N) is 2. The lowest BCUT2D eigenvalue weighted by molar-refractivity contribution is -0.118. The molecule has 0 bridgehead atoms. The van der Waals surface area contributed by atoms with Crippen molar-refractivity contribution in [1.82, 2.24) is 0 Å². The van der Waals surface area contributed by atoms with Gasteiger partial charge in [-0.1, -0.05) is 41.6 Å². The highest BCUT2D eigenvalue weighted by atomic mass is 127. The number of oxime groups is 1. The summed E-state index contributed by atoms with van der Waals surface area (Å²) in [6.07, 6.45) is 1.55. The highest BCUT2D eigenvalue weighted by Crippen LogP contribution is 2.33. The van der Waals surface area contributed by atoms with Gasteiger partial charge >= 0.3 is 0 Å².